The van der Waals surface area contributed by atoms with Crippen LogP contribution < -0.4 is 5.73 Å². The van der Waals surface area contributed by atoms with Crippen LogP contribution in [0, 0.1) is 5.92 Å². The Balaban J connectivity index is -0.000000251. The minimum absolute atomic E-state index is 0. The van der Waals surface area contributed by atoms with Crippen molar-refractivity contribution in [2.75, 3.05) is 20.6 Å². The quantitative estimate of drug-likeness (QED) is 0.743. The van der Waals surface area contributed by atoms with E-state index in [2.05, 4.69) is 13.2 Å². The van der Waals surface area contributed by atoms with Gasteiger partial charge in [-0.2, -0.15) is 0 Å². The third-order valence-corrected chi connectivity index (χ3v) is 2.08. The zero-order valence-electron chi connectivity index (χ0n) is 11.2. The van der Waals surface area contributed by atoms with Crippen LogP contribution in [0.3, 0.4) is 0 Å². The molecule has 0 spiro atoms. The predicted molar refractivity (Wildman–Crippen MR) is 75.8 cm³/mol. The van der Waals surface area contributed by atoms with Crippen LogP contribution in [0.25, 0.3) is 0 Å². The first-order valence-corrected chi connectivity index (χ1v) is 5.23. The number of carboxylic acid groups (broad SMARTS) is 1. The van der Waals surface area contributed by atoms with E-state index >= 15 is 0 Å². The Hall–Kier alpha value is -1.33. The van der Waals surface area contributed by atoms with Crippen molar-refractivity contribution < 1.29 is 14.7 Å². The van der Waals surface area contributed by atoms with Crippen molar-refractivity contribution >= 4 is 24.3 Å². The lowest BCUT2D eigenvalue weighted by molar-refractivity contribution is -0.133. The van der Waals surface area contributed by atoms with Crippen molar-refractivity contribution in [2.45, 2.75) is 13.3 Å². The molecule has 5 nitrogen and oxygen atoms in total. The van der Waals surface area contributed by atoms with Crippen molar-refractivity contribution in [3.8, 4) is 0 Å². The number of amides is 1. The monoisotopic (exact) mass is 278 g/mol. The summed E-state index contributed by atoms with van der Waals surface area (Å²) in [6.07, 6.45) is 1.96. The second kappa shape index (κ2) is 12.1. The number of rotatable bonds is 5. The zero-order valence-corrected chi connectivity index (χ0v) is 12.0. The van der Waals surface area contributed by atoms with Gasteiger partial charge in [-0.3, -0.25) is 4.79 Å². The number of halogens is 1. The number of nitrogens with zero attached hydrogens (tertiary/aromatic N) is 1. The number of likely N-dealkylation sites (N-methyl/N-ethyl adjacent to an activating group) is 1. The van der Waals surface area contributed by atoms with E-state index in [1.54, 1.807) is 14.1 Å². The summed E-state index contributed by atoms with van der Waals surface area (Å²) in [6, 6.07) is 0. The molecule has 0 bridgehead atoms. The second-order valence-electron chi connectivity index (χ2n) is 3.75. The number of nitrogens with two attached hydrogens (primary N) is 1. The number of carbonyl (C=O) groups is 2. The Morgan fingerprint density at radius 1 is 1.44 bits per heavy atom. The maximum absolute atomic E-state index is 10.3. The van der Waals surface area contributed by atoms with Crippen LogP contribution in [0.15, 0.2) is 24.8 Å². The number of hydrogen-bond donors (Lipinski definition) is 2. The highest BCUT2D eigenvalue weighted by atomic mass is 35.5. The molecule has 0 aromatic carbocycles. The standard InChI is InChI=1S/C7H13NO2.C5H9NO.ClH/c1-5(3-4-8)6(2)7(9)10;1-4-5(7)6(2)3;/h5H,2-4,8H2,1H3,(H,9,10);4H,1H2,2-3H3;1H. The van der Waals surface area contributed by atoms with E-state index in [9.17, 15) is 9.59 Å². The van der Waals surface area contributed by atoms with Gasteiger partial charge >= 0.3 is 5.97 Å². The smallest absolute Gasteiger partial charge is 0.331 e. The van der Waals surface area contributed by atoms with Crippen molar-refractivity contribution in [3.05, 3.63) is 24.8 Å². The molecule has 0 aliphatic heterocycles. The van der Waals surface area contributed by atoms with E-state index in [4.69, 9.17) is 10.8 Å². The molecule has 3 N–H and O–H groups in total. The maximum atomic E-state index is 10.3. The summed E-state index contributed by atoms with van der Waals surface area (Å²) in [4.78, 5) is 22.1. The van der Waals surface area contributed by atoms with Crippen LogP contribution in [0.4, 0.5) is 0 Å². The van der Waals surface area contributed by atoms with Gasteiger partial charge in [0.2, 0.25) is 5.91 Å². The van der Waals surface area contributed by atoms with Gasteiger partial charge in [0.15, 0.2) is 0 Å². The lowest BCUT2D eigenvalue weighted by Crippen LogP contribution is -2.18. The highest BCUT2D eigenvalue weighted by molar-refractivity contribution is 5.86. The molecule has 0 heterocycles. The molecule has 1 amide bonds. The number of carbonyl (C=O) groups excluding carboxylic acids is 1. The van der Waals surface area contributed by atoms with Gasteiger partial charge in [0.05, 0.1) is 0 Å². The number of carboxylic acids is 1. The number of aliphatic carboxylic acids is 1. The van der Waals surface area contributed by atoms with E-state index in [-0.39, 0.29) is 29.8 Å². The molecular formula is C12H23ClN2O3. The van der Waals surface area contributed by atoms with Crippen LogP contribution in [-0.4, -0.2) is 42.5 Å². The summed E-state index contributed by atoms with van der Waals surface area (Å²) in [5.74, 6) is -0.997. The summed E-state index contributed by atoms with van der Waals surface area (Å²) < 4.78 is 0. The molecule has 1 atom stereocenters. The van der Waals surface area contributed by atoms with Gasteiger partial charge in [0.25, 0.3) is 0 Å². The summed E-state index contributed by atoms with van der Waals surface area (Å²) in [5, 5.41) is 8.44. The van der Waals surface area contributed by atoms with Gasteiger partial charge in [-0.25, -0.2) is 4.79 Å². The molecule has 6 heteroatoms. The van der Waals surface area contributed by atoms with Crippen LogP contribution >= 0.6 is 12.4 Å². The number of hydrogen-bond acceptors (Lipinski definition) is 3. The topological polar surface area (TPSA) is 83.6 Å². The van der Waals surface area contributed by atoms with Crippen molar-refractivity contribution in [3.63, 3.8) is 0 Å². The highest BCUT2D eigenvalue weighted by Crippen LogP contribution is 2.10. The van der Waals surface area contributed by atoms with E-state index in [1.165, 1.54) is 11.0 Å². The van der Waals surface area contributed by atoms with Crippen molar-refractivity contribution in [1.82, 2.24) is 4.90 Å². The molecule has 0 saturated heterocycles. The molecule has 1 unspecified atom stereocenters. The largest absolute Gasteiger partial charge is 0.478 e. The molecule has 0 aliphatic rings. The molecule has 106 valence electrons. The molecule has 0 aromatic heterocycles. The minimum atomic E-state index is -0.930. The Kier molecular flexibility index (Phi) is 14.8. The summed E-state index contributed by atoms with van der Waals surface area (Å²) in [6.45, 7) is 9.02. The first kappa shape index (κ1) is 21.9. The minimum Gasteiger partial charge on any atom is -0.478 e. The highest BCUT2D eigenvalue weighted by Gasteiger charge is 2.11. The zero-order chi connectivity index (χ0) is 14.0. The third-order valence-electron chi connectivity index (χ3n) is 2.08. The van der Waals surface area contributed by atoms with Crippen molar-refractivity contribution in [2.24, 2.45) is 11.7 Å². The van der Waals surface area contributed by atoms with Gasteiger partial charge in [-0.1, -0.05) is 20.1 Å². The molecular weight excluding hydrogens is 256 g/mol. The van der Waals surface area contributed by atoms with E-state index in [0.29, 0.717) is 13.0 Å². The SMILES string of the molecule is C=C(C(=O)O)C(C)CCN.C=CC(=O)N(C)C.Cl. The van der Waals surface area contributed by atoms with Crippen LogP contribution in [-0.2, 0) is 9.59 Å². The first-order valence-electron chi connectivity index (χ1n) is 5.23. The fourth-order valence-corrected chi connectivity index (χ4v) is 0.818. The van der Waals surface area contributed by atoms with Crippen molar-refractivity contribution in [1.29, 1.82) is 0 Å². The lowest BCUT2D eigenvalue weighted by atomic mass is 10.00. The van der Waals surface area contributed by atoms with Gasteiger partial charge in [0, 0.05) is 19.7 Å². The Bertz CT molecular complexity index is 291. The Morgan fingerprint density at radius 2 is 1.89 bits per heavy atom. The molecule has 0 saturated carbocycles. The van der Waals surface area contributed by atoms with Crippen LogP contribution in [0.2, 0.25) is 0 Å². The maximum Gasteiger partial charge on any atom is 0.331 e. The fraction of sp³-hybridized carbons (Fsp3) is 0.500. The average molecular weight is 279 g/mol. The second-order valence-corrected chi connectivity index (χ2v) is 3.75. The Labute approximate surface area is 115 Å². The van der Waals surface area contributed by atoms with Gasteiger partial charge in [-0.05, 0) is 25.0 Å². The third kappa shape index (κ3) is 11.2. The molecule has 0 fully saturated rings. The fourth-order valence-electron chi connectivity index (χ4n) is 0.818. The first-order chi connectivity index (χ1) is 7.77. The molecule has 18 heavy (non-hydrogen) atoms. The normalized spacial score (nSPS) is 10.0. The lowest BCUT2D eigenvalue weighted by Gasteiger charge is -2.07. The molecule has 0 aromatic rings. The summed E-state index contributed by atoms with van der Waals surface area (Å²) in [7, 11) is 3.37. The molecule has 0 aliphatic carbocycles. The van der Waals surface area contributed by atoms with Gasteiger partial charge in [0.1, 0.15) is 0 Å². The van der Waals surface area contributed by atoms with E-state index in [1.807, 2.05) is 6.92 Å². The van der Waals surface area contributed by atoms with Crippen LogP contribution in [0.1, 0.15) is 13.3 Å². The van der Waals surface area contributed by atoms with Gasteiger partial charge < -0.3 is 15.7 Å². The molecule has 0 radical (unpaired) electrons. The average Bonchev–Trinajstić information content (AvgIpc) is 2.27. The van der Waals surface area contributed by atoms with E-state index < -0.39 is 5.97 Å². The predicted octanol–water partition coefficient (Wildman–Crippen LogP) is 1.29. The molecule has 0 rings (SSSR count). The van der Waals surface area contributed by atoms with Crippen LogP contribution in [0.5, 0.6) is 0 Å². The Morgan fingerprint density at radius 3 is 2.06 bits per heavy atom. The summed E-state index contributed by atoms with van der Waals surface area (Å²) >= 11 is 0. The van der Waals surface area contributed by atoms with E-state index in [0.717, 1.165) is 0 Å². The van der Waals surface area contributed by atoms with Gasteiger partial charge in [-0.15, -0.1) is 12.4 Å². The summed E-state index contributed by atoms with van der Waals surface area (Å²) in [5.41, 5.74) is 5.47.